The molecule has 1 N–H and O–H groups in total. The summed E-state index contributed by atoms with van der Waals surface area (Å²) in [7, 11) is 3.65. The zero-order valence-corrected chi connectivity index (χ0v) is 16.6. The first kappa shape index (κ1) is 19.9. The number of aryl methyl sites for hydroxylation is 2. The van der Waals surface area contributed by atoms with Crippen LogP contribution < -0.4 is 10.9 Å². The minimum absolute atomic E-state index is 0. The summed E-state index contributed by atoms with van der Waals surface area (Å²) < 4.78 is 1.81. The molecular weight excluding hydrogens is 360 g/mol. The van der Waals surface area contributed by atoms with Crippen molar-refractivity contribution >= 4 is 39.9 Å². The van der Waals surface area contributed by atoms with E-state index in [0.29, 0.717) is 21.6 Å². The molecule has 2 aromatic heterocycles. The van der Waals surface area contributed by atoms with Gasteiger partial charge in [0.05, 0.1) is 10.3 Å². The van der Waals surface area contributed by atoms with E-state index in [1.165, 1.54) is 11.3 Å². The fraction of sp³-hybridized carbons (Fsp3) is 0.588. The molecule has 6 nitrogen and oxygen atoms in total. The molecule has 2 aromatic rings. The number of hydrogen-bond acceptors (Lipinski definition) is 5. The number of hydrogen-bond donors (Lipinski definition) is 1. The Morgan fingerprint density at radius 3 is 2.84 bits per heavy atom. The Bertz CT molecular complexity index is 830. The Hall–Kier alpha value is -1.44. The van der Waals surface area contributed by atoms with E-state index in [1.54, 1.807) is 11.9 Å². The topological polar surface area (TPSA) is 67.2 Å². The fourth-order valence-electron chi connectivity index (χ4n) is 3.17. The first-order valence-electron chi connectivity index (χ1n) is 8.47. The smallest absolute Gasteiger partial charge is 0.264 e. The van der Waals surface area contributed by atoms with Crippen LogP contribution in [0, 0.1) is 6.92 Å². The van der Waals surface area contributed by atoms with Gasteiger partial charge in [-0.1, -0.05) is 6.42 Å². The summed E-state index contributed by atoms with van der Waals surface area (Å²) in [6, 6.07) is 0. The molecule has 138 valence electrons. The number of carbonyl (C=O) groups excluding carboxylic acids is 1. The highest BCUT2D eigenvalue weighted by Crippen LogP contribution is 2.29. The summed E-state index contributed by atoms with van der Waals surface area (Å²) in [5.74, 6) is 0.833. The summed E-state index contributed by atoms with van der Waals surface area (Å²) in [5, 5.41) is 3.66. The monoisotopic (exact) mass is 384 g/mol. The average molecular weight is 385 g/mol. The van der Waals surface area contributed by atoms with Crippen molar-refractivity contribution in [3.63, 3.8) is 0 Å². The number of nitrogens with one attached hydrogen (secondary N) is 1. The van der Waals surface area contributed by atoms with E-state index in [9.17, 15) is 9.59 Å². The van der Waals surface area contributed by atoms with E-state index < -0.39 is 0 Å². The third kappa shape index (κ3) is 3.73. The molecule has 0 bridgehead atoms. The average Bonchev–Trinajstić information content (AvgIpc) is 2.74. The first-order chi connectivity index (χ1) is 11.5. The molecule has 0 radical (unpaired) electrons. The van der Waals surface area contributed by atoms with Gasteiger partial charge in [-0.25, -0.2) is 4.98 Å². The maximum Gasteiger partial charge on any atom is 0.264 e. The molecule has 1 aliphatic heterocycles. The van der Waals surface area contributed by atoms with Gasteiger partial charge < -0.3 is 10.2 Å². The zero-order chi connectivity index (χ0) is 17.3. The second-order valence-electron chi connectivity index (χ2n) is 6.36. The molecule has 0 aromatic carbocycles. The van der Waals surface area contributed by atoms with E-state index in [-0.39, 0.29) is 23.9 Å². The van der Waals surface area contributed by atoms with Crippen molar-refractivity contribution in [2.75, 3.05) is 27.2 Å². The highest BCUT2D eigenvalue weighted by Gasteiger charge is 2.23. The van der Waals surface area contributed by atoms with Gasteiger partial charge in [0, 0.05) is 33.1 Å². The van der Waals surface area contributed by atoms with Crippen LogP contribution in [0.4, 0.5) is 0 Å². The maximum absolute atomic E-state index is 12.9. The van der Waals surface area contributed by atoms with E-state index in [2.05, 4.69) is 5.32 Å². The molecule has 8 heteroatoms. The van der Waals surface area contributed by atoms with Crippen molar-refractivity contribution in [1.82, 2.24) is 19.8 Å². The van der Waals surface area contributed by atoms with Gasteiger partial charge in [-0.05, 0) is 32.4 Å². The Morgan fingerprint density at radius 2 is 2.12 bits per heavy atom. The Kier molecular flexibility index (Phi) is 6.59. The number of aromatic nitrogens is 2. The normalized spacial score (nSPS) is 13.9. The number of nitrogens with zero attached hydrogens (tertiary/aromatic N) is 3. The van der Waals surface area contributed by atoms with Crippen LogP contribution in [0.1, 0.15) is 40.3 Å². The Morgan fingerprint density at radius 1 is 1.36 bits per heavy atom. The van der Waals surface area contributed by atoms with Crippen LogP contribution in [-0.2, 0) is 13.0 Å². The van der Waals surface area contributed by atoms with Crippen molar-refractivity contribution < 1.29 is 4.79 Å². The van der Waals surface area contributed by atoms with Crippen LogP contribution in [0.2, 0.25) is 0 Å². The van der Waals surface area contributed by atoms with Gasteiger partial charge in [0.15, 0.2) is 0 Å². The highest BCUT2D eigenvalue weighted by molar-refractivity contribution is 7.20. The highest BCUT2D eigenvalue weighted by atomic mass is 35.5. The van der Waals surface area contributed by atoms with Gasteiger partial charge in [-0.2, -0.15) is 0 Å². The van der Waals surface area contributed by atoms with Gasteiger partial charge in [-0.15, -0.1) is 23.7 Å². The second-order valence-corrected chi connectivity index (χ2v) is 7.36. The largest absolute Gasteiger partial charge is 0.340 e. The summed E-state index contributed by atoms with van der Waals surface area (Å²) in [4.78, 5) is 33.4. The summed E-state index contributed by atoms with van der Waals surface area (Å²) >= 11 is 1.35. The summed E-state index contributed by atoms with van der Waals surface area (Å²) in [6.07, 6.45) is 4.06. The van der Waals surface area contributed by atoms with Crippen molar-refractivity contribution in [2.24, 2.45) is 0 Å². The van der Waals surface area contributed by atoms with Crippen LogP contribution in [0.3, 0.4) is 0 Å². The molecule has 0 unspecified atom stereocenters. The van der Waals surface area contributed by atoms with Crippen LogP contribution in [0.15, 0.2) is 4.79 Å². The van der Waals surface area contributed by atoms with E-state index in [1.807, 2.05) is 18.5 Å². The van der Waals surface area contributed by atoms with Crippen molar-refractivity contribution in [2.45, 2.75) is 39.2 Å². The predicted octanol–water partition coefficient (Wildman–Crippen LogP) is 2.21. The Labute approximate surface area is 157 Å². The molecule has 3 rings (SSSR count). The number of carbonyl (C=O) groups is 1. The minimum atomic E-state index is -0.0367. The molecule has 3 heterocycles. The van der Waals surface area contributed by atoms with Gasteiger partial charge >= 0.3 is 0 Å². The standard InChI is InChI=1S/C17H24N4O2S.ClH/c1-11-13-15(24-14(11)17(23)20(3)10-8-18-2)19-12-7-5-4-6-9-21(12)16(13)22;/h18H,4-10H2,1-3H3;1H. The molecule has 0 aliphatic carbocycles. The van der Waals surface area contributed by atoms with Crippen molar-refractivity contribution in [1.29, 1.82) is 0 Å². The second kappa shape index (κ2) is 8.29. The van der Waals surface area contributed by atoms with Crippen LogP contribution >= 0.6 is 23.7 Å². The third-order valence-corrected chi connectivity index (χ3v) is 5.82. The van der Waals surface area contributed by atoms with Crippen molar-refractivity contribution in [3.05, 3.63) is 26.6 Å². The molecule has 1 aliphatic rings. The van der Waals surface area contributed by atoms with Crippen LogP contribution in [0.25, 0.3) is 10.2 Å². The summed E-state index contributed by atoms with van der Waals surface area (Å²) in [5.41, 5.74) is 0.788. The SMILES string of the molecule is CNCCN(C)C(=O)c1sc2nc3n(c(=O)c2c1C)CCCCC3.Cl. The van der Waals surface area contributed by atoms with E-state index in [4.69, 9.17) is 4.98 Å². The van der Waals surface area contributed by atoms with Crippen LogP contribution in [0.5, 0.6) is 0 Å². The van der Waals surface area contributed by atoms with Crippen molar-refractivity contribution in [3.8, 4) is 0 Å². The van der Waals surface area contributed by atoms with Gasteiger partial charge in [0.25, 0.3) is 11.5 Å². The van der Waals surface area contributed by atoms with Crippen LogP contribution in [-0.4, -0.2) is 47.5 Å². The number of thiophene rings is 1. The predicted molar refractivity (Wildman–Crippen MR) is 104 cm³/mol. The van der Waals surface area contributed by atoms with E-state index >= 15 is 0 Å². The maximum atomic E-state index is 12.9. The lowest BCUT2D eigenvalue weighted by molar-refractivity contribution is 0.0801. The lowest BCUT2D eigenvalue weighted by Gasteiger charge is -2.16. The molecule has 25 heavy (non-hydrogen) atoms. The third-order valence-electron chi connectivity index (χ3n) is 4.65. The summed E-state index contributed by atoms with van der Waals surface area (Å²) in [6.45, 7) is 3.97. The lowest BCUT2D eigenvalue weighted by atomic mass is 10.2. The number of halogens is 1. The molecule has 0 saturated heterocycles. The number of likely N-dealkylation sites (N-methyl/N-ethyl adjacent to an activating group) is 2. The fourth-order valence-corrected chi connectivity index (χ4v) is 4.35. The van der Waals surface area contributed by atoms with Gasteiger partial charge in [0.1, 0.15) is 10.7 Å². The molecular formula is C17H25ClN4O2S. The molecule has 0 saturated carbocycles. The molecule has 0 spiro atoms. The number of rotatable bonds is 4. The quantitative estimate of drug-likeness (QED) is 0.877. The molecule has 1 amide bonds. The first-order valence-corrected chi connectivity index (χ1v) is 9.29. The van der Waals surface area contributed by atoms with E-state index in [0.717, 1.165) is 50.2 Å². The molecule has 0 atom stereocenters. The lowest BCUT2D eigenvalue weighted by Crippen LogP contribution is -2.32. The number of amides is 1. The Balaban J connectivity index is 0.00000225. The zero-order valence-electron chi connectivity index (χ0n) is 14.9. The van der Waals surface area contributed by atoms with Gasteiger partial charge in [-0.3, -0.25) is 14.2 Å². The minimum Gasteiger partial charge on any atom is -0.340 e. The van der Waals surface area contributed by atoms with Gasteiger partial charge in [0.2, 0.25) is 0 Å². The molecule has 0 fully saturated rings. The number of fused-ring (bicyclic) bond motifs is 2.